The number of esters is 1. The van der Waals surface area contributed by atoms with E-state index in [1.165, 1.54) is 0 Å². The van der Waals surface area contributed by atoms with E-state index < -0.39 is 0 Å². The summed E-state index contributed by atoms with van der Waals surface area (Å²) in [4.78, 5) is 10.9. The average Bonchev–Trinajstić information content (AvgIpc) is 2.09. The van der Waals surface area contributed by atoms with E-state index in [1.807, 2.05) is 0 Å². The molecule has 0 saturated heterocycles. The predicted molar refractivity (Wildman–Crippen MR) is 52.3 cm³/mol. The quantitative estimate of drug-likeness (QED) is 0.415. The fourth-order valence-corrected chi connectivity index (χ4v) is 0.977. The van der Waals surface area contributed by atoms with Crippen molar-refractivity contribution in [3.63, 3.8) is 0 Å². The number of rotatable bonds is 7. The Morgan fingerprint density at radius 3 is 2.67 bits per heavy atom. The van der Waals surface area contributed by atoms with E-state index in [2.05, 4.69) is 15.9 Å². The van der Waals surface area contributed by atoms with Crippen LogP contribution in [0.3, 0.4) is 0 Å². The van der Waals surface area contributed by atoms with Crippen LogP contribution in [0, 0.1) is 0 Å². The molecule has 0 spiro atoms. The van der Waals surface area contributed by atoms with Crippen molar-refractivity contribution in [2.24, 2.45) is 5.73 Å². The maximum Gasteiger partial charge on any atom is 0.305 e. The Labute approximate surface area is 81.8 Å². The van der Waals surface area contributed by atoms with Gasteiger partial charge in [-0.1, -0.05) is 22.4 Å². The summed E-state index contributed by atoms with van der Waals surface area (Å²) in [5.41, 5.74) is 5.30. The molecule has 3 nitrogen and oxygen atoms in total. The van der Waals surface area contributed by atoms with Gasteiger partial charge >= 0.3 is 5.97 Å². The highest BCUT2D eigenvalue weighted by Crippen LogP contribution is 2.00. The molecule has 0 aromatic rings. The Balaban J connectivity index is 3.08. The van der Waals surface area contributed by atoms with Crippen molar-refractivity contribution in [2.75, 3.05) is 18.5 Å². The first-order chi connectivity index (χ1) is 5.81. The molecule has 0 bridgehead atoms. The van der Waals surface area contributed by atoms with Crippen molar-refractivity contribution in [3.8, 4) is 0 Å². The van der Waals surface area contributed by atoms with E-state index in [4.69, 9.17) is 10.5 Å². The molecule has 0 aliphatic heterocycles. The molecule has 0 heterocycles. The molecular weight excluding hydrogens is 222 g/mol. The minimum Gasteiger partial charge on any atom is -0.465 e. The third-order valence-corrected chi connectivity index (χ3v) is 1.75. The van der Waals surface area contributed by atoms with Crippen LogP contribution >= 0.6 is 15.9 Å². The molecule has 0 saturated carbocycles. The summed E-state index contributed by atoms with van der Waals surface area (Å²) < 4.78 is 4.85. The molecule has 0 aliphatic rings. The van der Waals surface area contributed by atoms with Gasteiger partial charge in [0, 0.05) is 11.8 Å². The lowest BCUT2D eigenvalue weighted by Crippen LogP contribution is -2.06. The number of ether oxygens (including phenoxy) is 1. The normalized spacial score (nSPS) is 9.83. The van der Waals surface area contributed by atoms with Gasteiger partial charge in [0.05, 0.1) is 0 Å². The summed E-state index contributed by atoms with van der Waals surface area (Å²) in [5, 5.41) is 0.710. The standard InChI is InChI=1S/C8H16BrNO2/c9-5-7-12-8(11)4-2-1-3-6-10/h1-7,10H2. The first-order valence-electron chi connectivity index (χ1n) is 4.23. The van der Waals surface area contributed by atoms with E-state index in [0.717, 1.165) is 19.3 Å². The molecule has 0 atom stereocenters. The van der Waals surface area contributed by atoms with Crippen molar-refractivity contribution in [1.82, 2.24) is 0 Å². The summed E-state index contributed by atoms with van der Waals surface area (Å²) in [6.07, 6.45) is 3.41. The molecule has 0 aromatic heterocycles. The molecule has 12 heavy (non-hydrogen) atoms. The Kier molecular flexibility index (Phi) is 8.93. The highest BCUT2D eigenvalue weighted by Gasteiger charge is 2.00. The maximum absolute atomic E-state index is 10.9. The summed E-state index contributed by atoms with van der Waals surface area (Å²) in [6, 6.07) is 0. The second-order valence-electron chi connectivity index (χ2n) is 2.51. The van der Waals surface area contributed by atoms with Crippen molar-refractivity contribution in [3.05, 3.63) is 0 Å². The number of hydrogen-bond donors (Lipinski definition) is 1. The summed E-state index contributed by atoms with van der Waals surface area (Å²) >= 11 is 3.18. The van der Waals surface area contributed by atoms with E-state index >= 15 is 0 Å². The smallest absolute Gasteiger partial charge is 0.305 e. The molecule has 0 fully saturated rings. The fraction of sp³-hybridized carbons (Fsp3) is 0.875. The van der Waals surface area contributed by atoms with Crippen LogP contribution in [-0.4, -0.2) is 24.5 Å². The van der Waals surface area contributed by atoms with Crippen molar-refractivity contribution in [2.45, 2.75) is 25.7 Å². The molecule has 2 N–H and O–H groups in total. The first kappa shape index (κ1) is 11.9. The molecule has 72 valence electrons. The highest BCUT2D eigenvalue weighted by molar-refractivity contribution is 9.09. The lowest BCUT2D eigenvalue weighted by Gasteiger charge is -2.01. The van der Waals surface area contributed by atoms with Crippen LogP contribution in [-0.2, 0) is 9.53 Å². The number of nitrogens with two attached hydrogens (primary N) is 1. The van der Waals surface area contributed by atoms with Crippen LogP contribution in [0.4, 0.5) is 0 Å². The largest absolute Gasteiger partial charge is 0.465 e. The number of unbranched alkanes of at least 4 members (excludes halogenated alkanes) is 2. The molecule has 0 aromatic carbocycles. The number of carbonyl (C=O) groups excluding carboxylic acids is 1. The fourth-order valence-electron chi connectivity index (χ4n) is 0.815. The lowest BCUT2D eigenvalue weighted by atomic mass is 10.2. The van der Waals surface area contributed by atoms with E-state index in [-0.39, 0.29) is 5.97 Å². The van der Waals surface area contributed by atoms with Gasteiger partial charge in [-0.15, -0.1) is 0 Å². The van der Waals surface area contributed by atoms with Gasteiger partial charge in [0.15, 0.2) is 0 Å². The molecule has 0 aliphatic carbocycles. The zero-order valence-electron chi connectivity index (χ0n) is 7.22. The zero-order valence-corrected chi connectivity index (χ0v) is 8.81. The summed E-state index contributed by atoms with van der Waals surface area (Å²) in [7, 11) is 0. The maximum atomic E-state index is 10.9. The second kappa shape index (κ2) is 9.00. The van der Waals surface area contributed by atoms with E-state index in [1.54, 1.807) is 0 Å². The van der Waals surface area contributed by atoms with Crippen LogP contribution in [0.2, 0.25) is 0 Å². The zero-order chi connectivity index (χ0) is 9.23. The highest BCUT2D eigenvalue weighted by atomic mass is 79.9. The topological polar surface area (TPSA) is 52.3 Å². The van der Waals surface area contributed by atoms with Gasteiger partial charge in [0.2, 0.25) is 0 Å². The Morgan fingerprint density at radius 2 is 2.08 bits per heavy atom. The molecular formula is C8H16BrNO2. The SMILES string of the molecule is NCCCCCC(=O)OCCBr. The summed E-state index contributed by atoms with van der Waals surface area (Å²) in [5.74, 6) is -0.105. The molecule has 0 unspecified atom stereocenters. The van der Waals surface area contributed by atoms with E-state index in [9.17, 15) is 4.79 Å². The molecule has 0 radical (unpaired) electrons. The number of halogens is 1. The van der Waals surface area contributed by atoms with Crippen LogP contribution in [0.5, 0.6) is 0 Å². The van der Waals surface area contributed by atoms with Gasteiger partial charge in [-0.3, -0.25) is 4.79 Å². The minimum absolute atomic E-state index is 0.105. The van der Waals surface area contributed by atoms with Crippen LogP contribution < -0.4 is 5.73 Å². The Bertz CT molecular complexity index is 120. The number of hydrogen-bond acceptors (Lipinski definition) is 3. The third-order valence-electron chi connectivity index (χ3n) is 1.43. The van der Waals surface area contributed by atoms with Crippen LogP contribution in [0.1, 0.15) is 25.7 Å². The van der Waals surface area contributed by atoms with E-state index in [0.29, 0.717) is 24.9 Å². The number of alkyl halides is 1. The average molecular weight is 238 g/mol. The monoisotopic (exact) mass is 237 g/mol. The third kappa shape index (κ3) is 8.01. The van der Waals surface area contributed by atoms with Gasteiger partial charge in [0.25, 0.3) is 0 Å². The number of carbonyl (C=O) groups is 1. The lowest BCUT2D eigenvalue weighted by molar-refractivity contribution is -0.143. The van der Waals surface area contributed by atoms with Gasteiger partial charge < -0.3 is 10.5 Å². The molecule has 0 rings (SSSR count). The molecule has 0 amide bonds. The van der Waals surface area contributed by atoms with Crippen molar-refractivity contribution in [1.29, 1.82) is 0 Å². The van der Waals surface area contributed by atoms with Gasteiger partial charge in [-0.05, 0) is 19.4 Å². The van der Waals surface area contributed by atoms with Crippen molar-refractivity contribution < 1.29 is 9.53 Å². The van der Waals surface area contributed by atoms with Crippen LogP contribution in [0.25, 0.3) is 0 Å². The minimum atomic E-state index is -0.105. The second-order valence-corrected chi connectivity index (χ2v) is 3.30. The Morgan fingerprint density at radius 1 is 1.33 bits per heavy atom. The Hall–Kier alpha value is -0.0900. The van der Waals surface area contributed by atoms with Gasteiger partial charge in [-0.25, -0.2) is 0 Å². The van der Waals surface area contributed by atoms with Crippen molar-refractivity contribution >= 4 is 21.9 Å². The van der Waals surface area contributed by atoms with Gasteiger partial charge in [0.1, 0.15) is 6.61 Å². The van der Waals surface area contributed by atoms with Crippen LogP contribution in [0.15, 0.2) is 0 Å². The van der Waals surface area contributed by atoms with Gasteiger partial charge in [-0.2, -0.15) is 0 Å². The predicted octanol–water partition coefficient (Wildman–Crippen LogP) is 1.44. The molecule has 4 heteroatoms. The summed E-state index contributed by atoms with van der Waals surface area (Å²) in [6.45, 7) is 1.17. The first-order valence-corrected chi connectivity index (χ1v) is 5.35.